The normalized spacial score (nSPS) is 14.2. The molecule has 0 bridgehead atoms. The molecule has 4 nitrogen and oxygen atoms in total. The molecule has 2 unspecified atom stereocenters. The van der Waals surface area contributed by atoms with Crippen LogP contribution in [0.25, 0.3) is 0 Å². The van der Waals surface area contributed by atoms with Crippen molar-refractivity contribution in [3.05, 3.63) is 29.3 Å². The van der Waals surface area contributed by atoms with Gasteiger partial charge in [-0.15, -0.1) is 0 Å². The Labute approximate surface area is 113 Å². The maximum Gasteiger partial charge on any atom is 0.119 e. The van der Waals surface area contributed by atoms with Gasteiger partial charge in [0.05, 0.1) is 0 Å². The molecule has 0 spiro atoms. The van der Waals surface area contributed by atoms with Gasteiger partial charge in [0.15, 0.2) is 0 Å². The van der Waals surface area contributed by atoms with Crippen molar-refractivity contribution < 1.29 is 14.9 Å². The van der Waals surface area contributed by atoms with Gasteiger partial charge < -0.3 is 20.3 Å². The fraction of sp³-hybridized carbons (Fsp3) is 0.538. The zero-order valence-electron chi connectivity index (χ0n) is 10.5. The van der Waals surface area contributed by atoms with E-state index in [-0.39, 0.29) is 19.1 Å². The smallest absolute Gasteiger partial charge is 0.119 e. The van der Waals surface area contributed by atoms with Crippen molar-refractivity contribution in [3.63, 3.8) is 0 Å². The van der Waals surface area contributed by atoms with Crippen molar-refractivity contribution in [2.45, 2.75) is 13.0 Å². The van der Waals surface area contributed by atoms with Gasteiger partial charge in [0.1, 0.15) is 18.5 Å². The summed E-state index contributed by atoms with van der Waals surface area (Å²) in [5.41, 5.74) is 0. The number of hydrogen-bond acceptors (Lipinski definition) is 4. The molecule has 0 radical (unpaired) electrons. The summed E-state index contributed by atoms with van der Waals surface area (Å²) in [6.45, 7) is 3.42. The Morgan fingerprint density at radius 1 is 1.28 bits per heavy atom. The highest BCUT2D eigenvalue weighted by Crippen LogP contribution is 2.15. The Kier molecular flexibility index (Phi) is 7.05. The summed E-state index contributed by atoms with van der Waals surface area (Å²) in [6, 6.07) is 7.00. The number of nitrogens with one attached hydrogen (secondary N) is 1. The maximum absolute atomic E-state index is 9.67. The van der Waals surface area contributed by atoms with E-state index in [1.807, 2.05) is 6.92 Å². The molecule has 5 heteroatoms. The lowest BCUT2D eigenvalue weighted by molar-refractivity contribution is 0.104. The minimum absolute atomic E-state index is 0.143. The molecule has 0 amide bonds. The first kappa shape index (κ1) is 15.2. The molecule has 0 heterocycles. The number of hydrogen-bond donors (Lipinski definition) is 3. The summed E-state index contributed by atoms with van der Waals surface area (Å²) in [4.78, 5) is 0. The first-order valence-electron chi connectivity index (χ1n) is 6.00. The third kappa shape index (κ3) is 6.21. The molecule has 1 rings (SSSR count). The Morgan fingerprint density at radius 3 is 2.56 bits per heavy atom. The third-order valence-electron chi connectivity index (χ3n) is 2.44. The SMILES string of the molecule is CC(CO)CNCC(O)COc1ccc(Cl)cc1. The van der Waals surface area contributed by atoms with Crippen LogP contribution >= 0.6 is 11.6 Å². The molecule has 0 aliphatic carbocycles. The van der Waals surface area contributed by atoms with E-state index >= 15 is 0 Å². The molecule has 3 N–H and O–H groups in total. The number of ether oxygens (including phenoxy) is 1. The molecular formula is C13H20ClNO3. The van der Waals surface area contributed by atoms with Gasteiger partial charge in [-0.05, 0) is 36.7 Å². The Morgan fingerprint density at radius 2 is 1.94 bits per heavy atom. The minimum atomic E-state index is -0.577. The van der Waals surface area contributed by atoms with E-state index in [0.29, 0.717) is 23.9 Å². The summed E-state index contributed by atoms with van der Waals surface area (Å²) in [5, 5.41) is 22.2. The first-order chi connectivity index (χ1) is 8.61. The summed E-state index contributed by atoms with van der Waals surface area (Å²) in [6.07, 6.45) is -0.577. The van der Waals surface area contributed by atoms with E-state index in [9.17, 15) is 5.11 Å². The number of aliphatic hydroxyl groups excluding tert-OH is 2. The fourth-order valence-corrected chi connectivity index (χ4v) is 1.47. The van der Waals surface area contributed by atoms with E-state index in [1.165, 1.54) is 0 Å². The van der Waals surface area contributed by atoms with Gasteiger partial charge in [0.2, 0.25) is 0 Å². The Balaban J connectivity index is 2.16. The van der Waals surface area contributed by atoms with E-state index in [4.69, 9.17) is 21.4 Å². The molecule has 0 aliphatic rings. The second-order valence-corrected chi connectivity index (χ2v) is 4.80. The zero-order chi connectivity index (χ0) is 13.4. The Bertz CT molecular complexity index is 332. The van der Waals surface area contributed by atoms with Crippen LogP contribution in [0.5, 0.6) is 5.75 Å². The van der Waals surface area contributed by atoms with Crippen molar-refractivity contribution in [1.29, 1.82) is 0 Å². The van der Waals surface area contributed by atoms with Crippen LogP contribution in [0.2, 0.25) is 5.02 Å². The summed E-state index contributed by atoms with van der Waals surface area (Å²) in [5.74, 6) is 0.872. The van der Waals surface area contributed by atoms with Gasteiger partial charge >= 0.3 is 0 Å². The lowest BCUT2D eigenvalue weighted by atomic mass is 10.2. The lowest BCUT2D eigenvalue weighted by Gasteiger charge is -2.15. The van der Waals surface area contributed by atoms with E-state index in [2.05, 4.69) is 5.32 Å². The molecular weight excluding hydrogens is 254 g/mol. The quantitative estimate of drug-likeness (QED) is 0.668. The van der Waals surface area contributed by atoms with Crippen LogP contribution in [0.3, 0.4) is 0 Å². The average molecular weight is 274 g/mol. The summed E-state index contributed by atoms with van der Waals surface area (Å²) in [7, 11) is 0. The highest BCUT2D eigenvalue weighted by Gasteiger charge is 2.06. The molecule has 2 atom stereocenters. The number of benzene rings is 1. The molecule has 1 aromatic rings. The zero-order valence-corrected chi connectivity index (χ0v) is 11.2. The molecule has 0 saturated heterocycles. The third-order valence-corrected chi connectivity index (χ3v) is 2.69. The number of aliphatic hydroxyl groups is 2. The standard InChI is InChI=1S/C13H20ClNO3/c1-10(8-16)6-15-7-12(17)9-18-13-4-2-11(14)3-5-13/h2-5,10,12,15-17H,6-9H2,1H3. The van der Waals surface area contributed by atoms with Gasteiger partial charge in [0.25, 0.3) is 0 Å². The van der Waals surface area contributed by atoms with Crippen molar-refractivity contribution in [2.24, 2.45) is 5.92 Å². The average Bonchev–Trinajstić information content (AvgIpc) is 2.38. The molecule has 102 valence electrons. The van der Waals surface area contributed by atoms with Crippen molar-refractivity contribution >= 4 is 11.6 Å². The van der Waals surface area contributed by atoms with Crippen LogP contribution in [-0.4, -0.2) is 42.6 Å². The van der Waals surface area contributed by atoms with E-state index in [1.54, 1.807) is 24.3 Å². The Hall–Kier alpha value is -0.810. The largest absolute Gasteiger partial charge is 0.491 e. The second-order valence-electron chi connectivity index (χ2n) is 4.36. The van der Waals surface area contributed by atoms with Gasteiger partial charge in [-0.1, -0.05) is 18.5 Å². The first-order valence-corrected chi connectivity index (χ1v) is 6.37. The molecule has 0 aromatic heterocycles. The van der Waals surface area contributed by atoms with E-state index < -0.39 is 6.10 Å². The van der Waals surface area contributed by atoms with Crippen LogP contribution in [0.15, 0.2) is 24.3 Å². The van der Waals surface area contributed by atoms with Gasteiger partial charge in [-0.2, -0.15) is 0 Å². The van der Waals surface area contributed by atoms with Crippen molar-refractivity contribution in [2.75, 3.05) is 26.3 Å². The predicted octanol–water partition coefficient (Wildman–Crippen LogP) is 1.30. The fourth-order valence-electron chi connectivity index (χ4n) is 1.34. The van der Waals surface area contributed by atoms with Crippen LogP contribution < -0.4 is 10.1 Å². The van der Waals surface area contributed by atoms with Gasteiger partial charge in [-0.25, -0.2) is 0 Å². The van der Waals surface area contributed by atoms with Crippen LogP contribution in [0.4, 0.5) is 0 Å². The highest BCUT2D eigenvalue weighted by atomic mass is 35.5. The minimum Gasteiger partial charge on any atom is -0.491 e. The monoisotopic (exact) mass is 273 g/mol. The van der Waals surface area contributed by atoms with Crippen molar-refractivity contribution in [1.82, 2.24) is 5.32 Å². The van der Waals surface area contributed by atoms with Crippen LogP contribution in [0.1, 0.15) is 6.92 Å². The molecule has 18 heavy (non-hydrogen) atoms. The number of halogens is 1. The van der Waals surface area contributed by atoms with Gasteiger partial charge in [0, 0.05) is 18.2 Å². The second kappa shape index (κ2) is 8.32. The van der Waals surface area contributed by atoms with E-state index in [0.717, 1.165) is 0 Å². The lowest BCUT2D eigenvalue weighted by Crippen LogP contribution is -2.34. The molecule has 1 aromatic carbocycles. The molecule has 0 fully saturated rings. The van der Waals surface area contributed by atoms with Gasteiger partial charge in [-0.3, -0.25) is 0 Å². The predicted molar refractivity (Wildman–Crippen MR) is 72.1 cm³/mol. The van der Waals surface area contributed by atoms with Crippen LogP contribution in [0, 0.1) is 5.92 Å². The maximum atomic E-state index is 9.67. The van der Waals surface area contributed by atoms with Crippen molar-refractivity contribution in [3.8, 4) is 5.75 Å². The van der Waals surface area contributed by atoms with Crippen LogP contribution in [-0.2, 0) is 0 Å². The summed E-state index contributed by atoms with van der Waals surface area (Å²) >= 11 is 5.75. The number of rotatable bonds is 8. The molecule has 0 saturated carbocycles. The highest BCUT2D eigenvalue weighted by molar-refractivity contribution is 6.30. The summed E-state index contributed by atoms with van der Waals surface area (Å²) < 4.78 is 5.41. The molecule has 0 aliphatic heterocycles. The topological polar surface area (TPSA) is 61.7 Å².